The van der Waals surface area contributed by atoms with Gasteiger partial charge in [-0.05, 0) is 51.7 Å². The summed E-state index contributed by atoms with van der Waals surface area (Å²) in [6.07, 6.45) is 0. The Kier molecular flexibility index (Phi) is 4.81. The third kappa shape index (κ3) is 3.34. The smallest absolute Gasteiger partial charge is 0.0499 e. The van der Waals surface area contributed by atoms with E-state index in [1.54, 1.807) is 0 Å². The van der Waals surface area contributed by atoms with Crippen molar-refractivity contribution in [2.75, 3.05) is 21.1 Å². The minimum Gasteiger partial charge on any atom is -0.311 e. The third-order valence-electron chi connectivity index (χ3n) is 4.50. The van der Waals surface area contributed by atoms with E-state index in [1.807, 2.05) is 7.05 Å². The van der Waals surface area contributed by atoms with Gasteiger partial charge in [0.1, 0.15) is 0 Å². The fourth-order valence-corrected chi connectivity index (χ4v) is 2.68. The van der Waals surface area contributed by atoms with Crippen LogP contribution in [0.4, 0.5) is 0 Å². The molecule has 1 unspecified atom stereocenters. The topological polar surface area (TPSA) is 15.3 Å². The maximum atomic E-state index is 3.46. The summed E-state index contributed by atoms with van der Waals surface area (Å²) in [6, 6.07) is 19.7. The Morgan fingerprint density at radius 1 is 0.857 bits per heavy atom. The average Bonchev–Trinajstić information content (AvgIpc) is 2.49. The van der Waals surface area contributed by atoms with Crippen molar-refractivity contribution >= 4 is 0 Å². The van der Waals surface area contributed by atoms with E-state index in [4.69, 9.17) is 0 Å². The highest BCUT2D eigenvalue weighted by Crippen LogP contribution is 2.30. The molecule has 0 aromatic heterocycles. The van der Waals surface area contributed by atoms with Gasteiger partial charge >= 0.3 is 0 Å². The third-order valence-corrected chi connectivity index (χ3v) is 4.50. The van der Waals surface area contributed by atoms with E-state index < -0.39 is 0 Å². The Morgan fingerprint density at radius 3 is 1.86 bits per heavy atom. The van der Waals surface area contributed by atoms with E-state index in [-0.39, 0.29) is 11.6 Å². The fraction of sp³-hybridized carbons (Fsp3) is 0.368. The number of likely N-dealkylation sites (N-methyl/N-ethyl adjacent to an activating group) is 2. The van der Waals surface area contributed by atoms with Crippen LogP contribution >= 0.6 is 0 Å². The van der Waals surface area contributed by atoms with Crippen LogP contribution in [0, 0.1) is 0 Å². The number of nitrogens with one attached hydrogen (secondary N) is 1. The van der Waals surface area contributed by atoms with Gasteiger partial charge in [-0.1, -0.05) is 54.6 Å². The highest BCUT2D eigenvalue weighted by Gasteiger charge is 2.31. The highest BCUT2D eigenvalue weighted by molar-refractivity contribution is 5.63. The second-order valence-corrected chi connectivity index (χ2v) is 6.26. The molecular formula is C19H26N2. The van der Waals surface area contributed by atoms with Crippen molar-refractivity contribution in [3.63, 3.8) is 0 Å². The lowest BCUT2D eigenvalue weighted by Crippen LogP contribution is -2.48. The van der Waals surface area contributed by atoms with E-state index >= 15 is 0 Å². The molecule has 2 rings (SSSR count). The van der Waals surface area contributed by atoms with Crippen LogP contribution in [0.5, 0.6) is 0 Å². The zero-order valence-corrected chi connectivity index (χ0v) is 13.7. The van der Waals surface area contributed by atoms with Gasteiger partial charge in [0.05, 0.1) is 0 Å². The molecule has 0 aliphatic rings. The molecule has 2 heteroatoms. The molecule has 2 nitrogen and oxygen atoms in total. The van der Waals surface area contributed by atoms with Crippen molar-refractivity contribution in [2.24, 2.45) is 0 Å². The molecule has 0 aliphatic carbocycles. The number of hydrogen-bond acceptors (Lipinski definition) is 2. The Morgan fingerprint density at radius 2 is 1.38 bits per heavy atom. The number of benzene rings is 2. The average molecular weight is 282 g/mol. The number of hydrogen-bond donors (Lipinski definition) is 1. The minimum absolute atomic E-state index is 0.0447. The summed E-state index contributed by atoms with van der Waals surface area (Å²) >= 11 is 0. The van der Waals surface area contributed by atoms with E-state index in [0.717, 1.165) is 0 Å². The number of rotatable bonds is 5. The summed E-state index contributed by atoms with van der Waals surface area (Å²) in [5, 5.41) is 3.46. The summed E-state index contributed by atoms with van der Waals surface area (Å²) in [5.74, 6) is 0. The molecule has 0 radical (unpaired) electrons. The quantitative estimate of drug-likeness (QED) is 0.893. The first kappa shape index (κ1) is 15.7. The Hall–Kier alpha value is -1.64. The summed E-state index contributed by atoms with van der Waals surface area (Å²) in [7, 11) is 6.28. The molecule has 21 heavy (non-hydrogen) atoms. The lowest BCUT2D eigenvalue weighted by atomic mass is 9.87. The van der Waals surface area contributed by atoms with E-state index in [2.05, 4.69) is 92.8 Å². The second-order valence-electron chi connectivity index (χ2n) is 6.26. The highest BCUT2D eigenvalue weighted by atomic mass is 15.2. The van der Waals surface area contributed by atoms with Crippen LogP contribution in [0.25, 0.3) is 11.1 Å². The Labute approximate surface area is 128 Å². The van der Waals surface area contributed by atoms with Gasteiger partial charge in [-0.2, -0.15) is 0 Å². The lowest BCUT2D eigenvalue weighted by molar-refractivity contribution is 0.142. The Balaban J connectivity index is 2.29. The van der Waals surface area contributed by atoms with Gasteiger partial charge in [0, 0.05) is 11.6 Å². The van der Waals surface area contributed by atoms with Crippen molar-refractivity contribution < 1.29 is 0 Å². The second kappa shape index (κ2) is 6.42. The molecule has 0 spiro atoms. The van der Waals surface area contributed by atoms with Crippen LogP contribution in [-0.2, 0) is 0 Å². The molecule has 112 valence electrons. The predicted octanol–water partition coefficient (Wildman–Crippen LogP) is 3.95. The van der Waals surface area contributed by atoms with Gasteiger partial charge in [0.25, 0.3) is 0 Å². The van der Waals surface area contributed by atoms with Crippen LogP contribution < -0.4 is 5.32 Å². The van der Waals surface area contributed by atoms with Gasteiger partial charge in [-0.25, -0.2) is 0 Å². The van der Waals surface area contributed by atoms with Gasteiger partial charge in [-0.3, -0.25) is 0 Å². The first-order valence-corrected chi connectivity index (χ1v) is 7.47. The van der Waals surface area contributed by atoms with Crippen LogP contribution in [0.15, 0.2) is 54.6 Å². The molecule has 0 saturated heterocycles. The summed E-state index contributed by atoms with van der Waals surface area (Å²) in [6.45, 7) is 4.53. The lowest BCUT2D eigenvalue weighted by Gasteiger charge is -2.40. The van der Waals surface area contributed by atoms with Crippen LogP contribution in [-0.4, -0.2) is 31.6 Å². The fourth-order valence-electron chi connectivity index (χ4n) is 2.68. The first-order valence-electron chi connectivity index (χ1n) is 7.47. The molecule has 2 aromatic carbocycles. The molecule has 1 atom stereocenters. The van der Waals surface area contributed by atoms with Crippen molar-refractivity contribution in [1.82, 2.24) is 10.2 Å². The van der Waals surface area contributed by atoms with Gasteiger partial charge in [0.2, 0.25) is 0 Å². The molecule has 0 heterocycles. The van der Waals surface area contributed by atoms with E-state index in [1.165, 1.54) is 16.7 Å². The molecule has 2 aromatic rings. The molecule has 0 saturated carbocycles. The van der Waals surface area contributed by atoms with Gasteiger partial charge < -0.3 is 10.2 Å². The molecule has 0 amide bonds. The maximum absolute atomic E-state index is 3.46. The SMILES string of the molecule is CNC(c1ccc(-c2ccccc2)cc1)C(C)(C)N(C)C. The van der Waals surface area contributed by atoms with E-state index in [0.29, 0.717) is 0 Å². The van der Waals surface area contributed by atoms with Crippen LogP contribution in [0.3, 0.4) is 0 Å². The zero-order chi connectivity index (χ0) is 15.5. The number of nitrogens with zero attached hydrogens (tertiary/aromatic N) is 1. The normalized spacial score (nSPS) is 13.4. The molecule has 0 aliphatic heterocycles. The predicted molar refractivity (Wildman–Crippen MR) is 91.4 cm³/mol. The van der Waals surface area contributed by atoms with E-state index in [9.17, 15) is 0 Å². The molecular weight excluding hydrogens is 256 g/mol. The first-order chi connectivity index (χ1) is 9.96. The summed E-state index contributed by atoms with van der Waals surface area (Å²) in [4.78, 5) is 2.26. The summed E-state index contributed by atoms with van der Waals surface area (Å²) in [5.41, 5.74) is 3.88. The van der Waals surface area contributed by atoms with Crippen molar-refractivity contribution in [3.05, 3.63) is 60.2 Å². The van der Waals surface area contributed by atoms with Crippen LogP contribution in [0.2, 0.25) is 0 Å². The van der Waals surface area contributed by atoms with Crippen molar-refractivity contribution in [3.8, 4) is 11.1 Å². The zero-order valence-electron chi connectivity index (χ0n) is 13.7. The van der Waals surface area contributed by atoms with Crippen molar-refractivity contribution in [2.45, 2.75) is 25.4 Å². The summed E-state index contributed by atoms with van der Waals surface area (Å²) < 4.78 is 0. The van der Waals surface area contributed by atoms with Gasteiger partial charge in [-0.15, -0.1) is 0 Å². The largest absolute Gasteiger partial charge is 0.311 e. The standard InChI is InChI=1S/C19H26N2/c1-19(2,21(4)5)18(20-3)17-13-11-16(12-14-17)15-9-7-6-8-10-15/h6-14,18,20H,1-5H3. The Bertz CT molecular complexity index is 556. The maximum Gasteiger partial charge on any atom is 0.0499 e. The monoisotopic (exact) mass is 282 g/mol. The van der Waals surface area contributed by atoms with Gasteiger partial charge in [0.15, 0.2) is 0 Å². The molecule has 0 bridgehead atoms. The van der Waals surface area contributed by atoms with Crippen molar-refractivity contribution in [1.29, 1.82) is 0 Å². The van der Waals surface area contributed by atoms with Crippen LogP contribution in [0.1, 0.15) is 25.5 Å². The molecule has 1 N–H and O–H groups in total. The minimum atomic E-state index is 0.0447. The molecule has 0 fully saturated rings.